The number of fused-ring (bicyclic) bond motifs is 1. The van der Waals surface area contributed by atoms with Crippen LogP contribution in [0.15, 0.2) is 53.3 Å². The van der Waals surface area contributed by atoms with Crippen molar-refractivity contribution in [3.63, 3.8) is 0 Å². The molecule has 26 heavy (non-hydrogen) atoms. The summed E-state index contributed by atoms with van der Waals surface area (Å²) in [5.41, 5.74) is 2.98. The maximum atomic E-state index is 12.8. The number of hydrogen-bond donors (Lipinski definition) is 1. The smallest absolute Gasteiger partial charge is 0.252 e. The van der Waals surface area contributed by atoms with Crippen LogP contribution in [0.4, 0.5) is 0 Å². The first-order valence-corrected chi connectivity index (χ1v) is 9.35. The van der Waals surface area contributed by atoms with Crippen LogP contribution in [0.3, 0.4) is 0 Å². The van der Waals surface area contributed by atoms with Gasteiger partial charge in [0.05, 0.1) is 16.8 Å². The zero-order valence-electron chi connectivity index (χ0n) is 14.5. The second-order valence-corrected chi connectivity index (χ2v) is 6.68. The average Bonchev–Trinajstić information content (AvgIpc) is 2.67. The van der Waals surface area contributed by atoms with Gasteiger partial charge in [0.25, 0.3) is 5.91 Å². The summed E-state index contributed by atoms with van der Waals surface area (Å²) in [4.78, 5) is 21.6. The van der Waals surface area contributed by atoms with Crippen molar-refractivity contribution in [3.05, 3.63) is 58.8 Å². The third kappa shape index (κ3) is 4.45. The molecule has 6 heteroatoms. The van der Waals surface area contributed by atoms with E-state index < -0.39 is 0 Å². The first kappa shape index (κ1) is 18.5. The molecule has 3 aromatic rings. The van der Waals surface area contributed by atoms with Gasteiger partial charge in [-0.05, 0) is 49.7 Å². The highest BCUT2D eigenvalue weighted by atomic mass is 79.9. The Hall–Kier alpha value is -2.31. The zero-order valence-corrected chi connectivity index (χ0v) is 16.1. The number of carbonyl (C=O) groups excluding carboxylic acids is 1. The summed E-state index contributed by atoms with van der Waals surface area (Å²) in [5.74, 6) is -0.114. The van der Waals surface area contributed by atoms with Gasteiger partial charge < -0.3 is 10.1 Å². The predicted octanol–water partition coefficient (Wildman–Crippen LogP) is 4.22. The Balaban J connectivity index is 1.93. The van der Waals surface area contributed by atoms with E-state index in [4.69, 9.17) is 4.74 Å². The molecule has 0 spiro atoms. The predicted molar refractivity (Wildman–Crippen MR) is 106 cm³/mol. The molecular formula is C20H20BrN3O2. The average molecular weight is 414 g/mol. The van der Waals surface area contributed by atoms with Crippen molar-refractivity contribution < 1.29 is 9.53 Å². The van der Waals surface area contributed by atoms with Crippen molar-refractivity contribution in [2.75, 3.05) is 19.8 Å². The van der Waals surface area contributed by atoms with Crippen LogP contribution in [0, 0.1) is 0 Å². The molecule has 3 rings (SSSR count). The van der Waals surface area contributed by atoms with Crippen molar-refractivity contribution in [2.45, 2.75) is 13.3 Å². The van der Waals surface area contributed by atoms with E-state index in [-0.39, 0.29) is 5.91 Å². The minimum Gasteiger partial charge on any atom is -0.382 e. The molecule has 0 unspecified atom stereocenters. The zero-order chi connectivity index (χ0) is 18.4. The van der Waals surface area contributed by atoms with Crippen LogP contribution < -0.4 is 5.32 Å². The number of aromatic nitrogens is 2. The standard InChI is InChI=1S/C20H20BrN3O2/c1-2-26-10-4-9-23-20(25)17-12-19(14-5-3-8-22-13-14)24-18-7-6-15(21)11-16(17)18/h3,5-8,11-13H,2,4,9-10H2,1H3,(H,23,25). The molecule has 0 aliphatic carbocycles. The topological polar surface area (TPSA) is 64.1 Å². The molecule has 1 aromatic carbocycles. The van der Waals surface area contributed by atoms with Crippen LogP contribution >= 0.6 is 15.9 Å². The molecule has 2 aromatic heterocycles. The lowest BCUT2D eigenvalue weighted by molar-refractivity contribution is 0.0946. The second kappa shape index (κ2) is 8.87. The van der Waals surface area contributed by atoms with Gasteiger partial charge >= 0.3 is 0 Å². The second-order valence-electron chi connectivity index (χ2n) is 5.76. The molecule has 1 N–H and O–H groups in total. The molecule has 0 aliphatic rings. The molecule has 0 bridgehead atoms. The maximum absolute atomic E-state index is 12.8. The Morgan fingerprint density at radius 1 is 1.27 bits per heavy atom. The van der Waals surface area contributed by atoms with Crippen LogP contribution in [-0.4, -0.2) is 35.6 Å². The van der Waals surface area contributed by atoms with Gasteiger partial charge in [0.15, 0.2) is 0 Å². The number of hydrogen-bond acceptors (Lipinski definition) is 4. The summed E-state index contributed by atoms with van der Waals surface area (Å²) < 4.78 is 6.22. The lowest BCUT2D eigenvalue weighted by Gasteiger charge is -2.11. The summed E-state index contributed by atoms with van der Waals surface area (Å²) in [5, 5.41) is 3.78. The minimum atomic E-state index is -0.114. The highest BCUT2D eigenvalue weighted by Crippen LogP contribution is 2.26. The van der Waals surface area contributed by atoms with Gasteiger partial charge in [-0.15, -0.1) is 0 Å². The maximum Gasteiger partial charge on any atom is 0.252 e. The van der Waals surface area contributed by atoms with Crippen molar-refractivity contribution in [1.82, 2.24) is 15.3 Å². The van der Waals surface area contributed by atoms with E-state index in [0.29, 0.717) is 25.3 Å². The number of amides is 1. The van der Waals surface area contributed by atoms with E-state index in [1.807, 2.05) is 43.3 Å². The van der Waals surface area contributed by atoms with E-state index in [9.17, 15) is 4.79 Å². The largest absolute Gasteiger partial charge is 0.382 e. The summed E-state index contributed by atoms with van der Waals surface area (Å²) in [6.07, 6.45) is 4.24. The third-order valence-corrected chi connectivity index (χ3v) is 4.42. The van der Waals surface area contributed by atoms with Crippen molar-refractivity contribution in [3.8, 4) is 11.3 Å². The van der Waals surface area contributed by atoms with Gasteiger partial charge in [0.1, 0.15) is 0 Å². The van der Waals surface area contributed by atoms with Crippen LogP contribution in [0.2, 0.25) is 0 Å². The number of pyridine rings is 2. The van der Waals surface area contributed by atoms with Gasteiger partial charge in [0, 0.05) is 47.6 Å². The lowest BCUT2D eigenvalue weighted by Crippen LogP contribution is -2.25. The molecule has 0 saturated heterocycles. The first-order valence-electron chi connectivity index (χ1n) is 8.55. The van der Waals surface area contributed by atoms with Crippen molar-refractivity contribution in [1.29, 1.82) is 0 Å². The number of nitrogens with one attached hydrogen (secondary N) is 1. The molecule has 0 atom stereocenters. The van der Waals surface area contributed by atoms with Gasteiger partial charge in [0.2, 0.25) is 0 Å². The lowest BCUT2D eigenvalue weighted by atomic mass is 10.0. The van der Waals surface area contributed by atoms with Gasteiger partial charge in [-0.1, -0.05) is 15.9 Å². The summed E-state index contributed by atoms with van der Waals surface area (Å²) in [6, 6.07) is 11.4. The number of rotatable bonds is 7. The molecule has 134 valence electrons. The molecule has 0 radical (unpaired) electrons. The summed E-state index contributed by atoms with van der Waals surface area (Å²) >= 11 is 3.47. The Morgan fingerprint density at radius 3 is 2.92 bits per heavy atom. The van der Waals surface area contributed by atoms with Gasteiger partial charge in [-0.25, -0.2) is 4.98 Å². The fourth-order valence-corrected chi connectivity index (χ4v) is 3.02. The number of halogens is 1. The monoisotopic (exact) mass is 413 g/mol. The number of nitrogens with zero attached hydrogens (tertiary/aromatic N) is 2. The summed E-state index contributed by atoms with van der Waals surface area (Å²) in [7, 11) is 0. The van der Waals surface area contributed by atoms with Crippen LogP contribution in [0.25, 0.3) is 22.2 Å². The SMILES string of the molecule is CCOCCCNC(=O)c1cc(-c2cccnc2)nc2ccc(Br)cc12. The highest BCUT2D eigenvalue weighted by molar-refractivity contribution is 9.10. The van der Waals surface area contributed by atoms with E-state index in [1.165, 1.54) is 0 Å². The number of benzene rings is 1. The Morgan fingerprint density at radius 2 is 2.15 bits per heavy atom. The fourth-order valence-electron chi connectivity index (χ4n) is 2.66. The Bertz CT molecular complexity index is 900. The third-order valence-electron chi connectivity index (χ3n) is 3.93. The van der Waals surface area contributed by atoms with Crippen LogP contribution in [0.1, 0.15) is 23.7 Å². The normalized spacial score (nSPS) is 10.8. The van der Waals surface area contributed by atoms with E-state index in [0.717, 1.165) is 33.1 Å². The molecule has 1 amide bonds. The first-order chi connectivity index (χ1) is 12.7. The van der Waals surface area contributed by atoms with E-state index in [2.05, 4.69) is 31.2 Å². The molecule has 0 saturated carbocycles. The van der Waals surface area contributed by atoms with Crippen molar-refractivity contribution in [2.24, 2.45) is 0 Å². The Labute approximate surface area is 160 Å². The number of ether oxygens (including phenoxy) is 1. The van der Waals surface area contributed by atoms with E-state index >= 15 is 0 Å². The molecule has 0 fully saturated rings. The molecular weight excluding hydrogens is 394 g/mol. The van der Waals surface area contributed by atoms with Gasteiger partial charge in [-0.2, -0.15) is 0 Å². The highest BCUT2D eigenvalue weighted by Gasteiger charge is 2.14. The minimum absolute atomic E-state index is 0.114. The summed E-state index contributed by atoms with van der Waals surface area (Å²) in [6.45, 7) is 3.85. The van der Waals surface area contributed by atoms with E-state index in [1.54, 1.807) is 12.4 Å². The number of carbonyl (C=O) groups is 1. The quantitative estimate of drug-likeness (QED) is 0.589. The molecule has 5 nitrogen and oxygen atoms in total. The van der Waals surface area contributed by atoms with Crippen LogP contribution in [0.5, 0.6) is 0 Å². The van der Waals surface area contributed by atoms with Crippen LogP contribution in [-0.2, 0) is 4.74 Å². The Kier molecular flexibility index (Phi) is 6.30. The molecule has 0 aliphatic heterocycles. The van der Waals surface area contributed by atoms with Crippen molar-refractivity contribution >= 4 is 32.7 Å². The molecule has 2 heterocycles. The fraction of sp³-hybridized carbons (Fsp3) is 0.250. The van der Waals surface area contributed by atoms with Gasteiger partial charge in [-0.3, -0.25) is 9.78 Å².